The van der Waals surface area contributed by atoms with Crippen LogP contribution in [0.2, 0.25) is 0 Å². The zero-order valence-corrected chi connectivity index (χ0v) is 12.6. The van der Waals surface area contributed by atoms with Gasteiger partial charge in [0.05, 0.1) is 6.10 Å². The fourth-order valence-corrected chi connectivity index (χ4v) is 2.43. The second kappa shape index (κ2) is 7.19. The first-order chi connectivity index (χ1) is 8.49. The molecule has 102 valence electrons. The van der Waals surface area contributed by atoms with Crippen LogP contribution in [0.4, 0.5) is 4.39 Å². The Morgan fingerprint density at radius 3 is 2.72 bits per heavy atom. The van der Waals surface area contributed by atoms with Crippen LogP contribution in [0.1, 0.15) is 18.5 Å². The van der Waals surface area contributed by atoms with Crippen molar-refractivity contribution in [3.8, 4) is 0 Å². The maximum atomic E-state index is 13.3. The number of hydrogen-bond donors (Lipinski definition) is 1. The number of likely N-dealkylation sites (N-methyl/N-ethyl adjacent to an activating group) is 1. The van der Waals surface area contributed by atoms with E-state index in [0.717, 1.165) is 16.6 Å². The fraction of sp³-hybridized carbons (Fsp3) is 0.538. The van der Waals surface area contributed by atoms with Crippen LogP contribution in [0.25, 0.3) is 0 Å². The summed E-state index contributed by atoms with van der Waals surface area (Å²) in [6.45, 7) is 3.15. The molecule has 18 heavy (non-hydrogen) atoms. The average molecular weight is 319 g/mol. The number of methoxy groups -OCH3 is 1. The van der Waals surface area contributed by atoms with Gasteiger partial charge >= 0.3 is 0 Å². The number of nitrogens with zero attached hydrogens (tertiary/aromatic N) is 1. The van der Waals surface area contributed by atoms with Crippen molar-refractivity contribution in [2.24, 2.45) is 5.73 Å². The number of benzene rings is 1. The molecule has 0 aliphatic heterocycles. The van der Waals surface area contributed by atoms with Crippen LogP contribution in [0.15, 0.2) is 22.7 Å². The van der Waals surface area contributed by atoms with Crippen LogP contribution < -0.4 is 5.73 Å². The maximum Gasteiger partial charge on any atom is 0.123 e. The molecule has 0 spiro atoms. The van der Waals surface area contributed by atoms with E-state index in [2.05, 4.69) is 20.8 Å². The van der Waals surface area contributed by atoms with Crippen molar-refractivity contribution in [1.29, 1.82) is 0 Å². The Hall–Kier alpha value is -0.490. The molecule has 0 aromatic heterocycles. The average Bonchev–Trinajstić information content (AvgIpc) is 2.34. The molecule has 1 aromatic carbocycles. The fourth-order valence-electron chi connectivity index (χ4n) is 1.92. The predicted octanol–water partition coefficient (Wildman–Crippen LogP) is 2.55. The summed E-state index contributed by atoms with van der Waals surface area (Å²) in [5.74, 6) is -0.250. The molecular formula is C13H20BrFN2O. The van der Waals surface area contributed by atoms with E-state index in [9.17, 15) is 4.39 Å². The first-order valence-electron chi connectivity index (χ1n) is 5.87. The Morgan fingerprint density at radius 1 is 1.50 bits per heavy atom. The molecular weight excluding hydrogens is 299 g/mol. The second-order valence-corrected chi connectivity index (χ2v) is 5.26. The van der Waals surface area contributed by atoms with Gasteiger partial charge in [0.2, 0.25) is 0 Å². The third-order valence-corrected chi connectivity index (χ3v) is 3.74. The van der Waals surface area contributed by atoms with Gasteiger partial charge in [-0.25, -0.2) is 4.39 Å². The number of halogens is 2. The third kappa shape index (κ3) is 4.02. The number of nitrogens with two attached hydrogens (primary N) is 1. The Kier molecular flexibility index (Phi) is 6.21. The second-order valence-electron chi connectivity index (χ2n) is 4.40. The van der Waals surface area contributed by atoms with Gasteiger partial charge in [0.25, 0.3) is 0 Å². The first kappa shape index (κ1) is 15.6. The Labute approximate surface area is 116 Å². The van der Waals surface area contributed by atoms with E-state index in [0.29, 0.717) is 6.54 Å². The molecule has 2 atom stereocenters. The molecule has 0 heterocycles. The van der Waals surface area contributed by atoms with E-state index in [-0.39, 0.29) is 18.0 Å². The summed E-state index contributed by atoms with van der Waals surface area (Å²) in [4.78, 5) is 2.08. The highest BCUT2D eigenvalue weighted by molar-refractivity contribution is 9.10. The lowest BCUT2D eigenvalue weighted by Crippen LogP contribution is -2.36. The summed E-state index contributed by atoms with van der Waals surface area (Å²) in [6, 6.07) is 4.63. The molecule has 0 radical (unpaired) electrons. The van der Waals surface area contributed by atoms with Gasteiger partial charge in [0.15, 0.2) is 0 Å². The van der Waals surface area contributed by atoms with Crippen molar-refractivity contribution in [2.75, 3.05) is 27.2 Å². The van der Waals surface area contributed by atoms with Crippen LogP contribution >= 0.6 is 15.9 Å². The minimum absolute atomic E-state index is 0.0346. The maximum absolute atomic E-state index is 13.3. The summed E-state index contributed by atoms with van der Waals surface area (Å²) in [5, 5.41) is 0. The van der Waals surface area contributed by atoms with Crippen molar-refractivity contribution in [3.63, 3.8) is 0 Å². The topological polar surface area (TPSA) is 38.5 Å². The zero-order chi connectivity index (χ0) is 13.7. The lowest BCUT2D eigenvalue weighted by molar-refractivity contribution is 0.0723. The van der Waals surface area contributed by atoms with Crippen molar-refractivity contribution in [1.82, 2.24) is 4.90 Å². The molecule has 0 aliphatic carbocycles. The van der Waals surface area contributed by atoms with Gasteiger partial charge in [-0.3, -0.25) is 4.90 Å². The zero-order valence-electron chi connectivity index (χ0n) is 11.0. The summed E-state index contributed by atoms with van der Waals surface area (Å²) in [6.07, 6.45) is 0.108. The van der Waals surface area contributed by atoms with E-state index in [1.165, 1.54) is 12.1 Å². The van der Waals surface area contributed by atoms with Gasteiger partial charge in [-0.1, -0.05) is 15.9 Å². The van der Waals surface area contributed by atoms with Crippen LogP contribution in [-0.2, 0) is 4.74 Å². The van der Waals surface area contributed by atoms with E-state index < -0.39 is 0 Å². The highest BCUT2D eigenvalue weighted by atomic mass is 79.9. The van der Waals surface area contributed by atoms with E-state index >= 15 is 0 Å². The largest absolute Gasteiger partial charge is 0.380 e. The summed E-state index contributed by atoms with van der Waals surface area (Å²) in [7, 11) is 3.64. The van der Waals surface area contributed by atoms with Crippen molar-refractivity contribution in [2.45, 2.75) is 19.1 Å². The van der Waals surface area contributed by atoms with Gasteiger partial charge in [0, 0.05) is 30.7 Å². The van der Waals surface area contributed by atoms with Gasteiger partial charge in [-0.2, -0.15) is 0 Å². The highest BCUT2D eigenvalue weighted by Gasteiger charge is 2.20. The molecule has 5 heteroatoms. The van der Waals surface area contributed by atoms with Crippen LogP contribution in [-0.4, -0.2) is 38.3 Å². The Morgan fingerprint density at radius 2 is 2.17 bits per heavy atom. The molecule has 0 bridgehead atoms. The molecule has 1 aromatic rings. The van der Waals surface area contributed by atoms with E-state index in [1.54, 1.807) is 13.2 Å². The van der Waals surface area contributed by atoms with Gasteiger partial charge in [-0.15, -0.1) is 0 Å². The van der Waals surface area contributed by atoms with Crippen LogP contribution in [0, 0.1) is 5.82 Å². The van der Waals surface area contributed by atoms with Crippen LogP contribution in [0.5, 0.6) is 0 Å². The van der Waals surface area contributed by atoms with Gasteiger partial charge < -0.3 is 10.5 Å². The van der Waals surface area contributed by atoms with Crippen molar-refractivity contribution in [3.05, 3.63) is 34.1 Å². The standard InChI is InChI=1S/C13H20BrFN2O/c1-9(18-3)8-17(2)13(7-16)11-6-10(15)4-5-12(11)14/h4-6,9,13H,7-8,16H2,1-3H3. The quantitative estimate of drug-likeness (QED) is 0.876. The normalized spacial score (nSPS) is 14.8. The molecule has 0 saturated carbocycles. The SMILES string of the molecule is COC(C)CN(C)C(CN)c1cc(F)ccc1Br. The predicted molar refractivity (Wildman–Crippen MR) is 75.0 cm³/mol. The Balaban J connectivity index is 2.91. The smallest absolute Gasteiger partial charge is 0.123 e. The van der Waals surface area contributed by atoms with Gasteiger partial charge in [0.1, 0.15) is 5.82 Å². The molecule has 0 fully saturated rings. The molecule has 3 nitrogen and oxygen atoms in total. The third-order valence-electron chi connectivity index (χ3n) is 3.02. The molecule has 0 aliphatic rings. The number of hydrogen-bond acceptors (Lipinski definition) is 3. The van der Waals surface area contributed by atoms with E-state index in [4.69, 9.17) is 10.5 Å². The summed E-state index contributed by atoms with van der Waals surface area (Å²) in [5.41, 5.74) is 6.68. The number of rotatable bonds is 6. The van der Waals surface area contributed by atoms with Gasteiger partial charge in [-0.05, 0) is 37.7 Å². The lowest BCUT2D eigenvalue weighted by atomic mass is 10.1. The summed E-state index contributed by atoms with van der Waals surface area (Å²) >= 11 is 3.44. The van der Waals surface area contributed by atoms with E-state index in [1.807, 2.05) is 14.0 Å². The first-order valence-corrected chi connectivity index (χ1v) is 6.67. The molecule has 2 unspecified atom stereocenters. The molecule has 2 N–H and O–H groups in total. The molecule has 1 rings (SSSR count). The monoisotopic (exact) mass is 318 g/mol. The highest BCUT2D eigenvalue weighted by Crippen LogP contribution is 2.27. The Bertz CT molecular complexity index is 389. The number of ether oxygens (including phenoxy) is 1. The minimum atomic E-state index is -0.250. The summed E-state index contributed by atoms with van der Waals surface area (Å²) < 4.78 is 19.4. The lowest BCUT2D eigenvalue weighted by Gasteiger charge is -2.30. The molecule has 0 saturated heterocycles. The van der Waals surface area contributed by atoms with Crippen LogP contribution in [0.3, 0.4) is 0 Å². The molecule has 0 amide bonds. The van der Waals surface area contributed by atoms with Crippen molar-refractivity contribution < 1.29 is 9.13 Å². The van der Waals surface area contributed by atoms with Crippen molar-refractivity contribution >= 4 is 15.9 Å². The minimum Gasteiger partial charge on any atom is -0.380 e.